The molecule has 0 bridgehead atoms. The largest absolute Gasteiger partial charge is 0.369 e. The number of rotatable bonds is 2. The van der Waals surface area contributed by atoms with Crippen molar-refractivity contribution in [3.8, 4) is 0 Å². The molecule has 0 atom stereocenters. The Labute approximate surface area is 78.3 Å². The van der Waals surface area contributed by atoms with Crippen LogP contribution in [0.1, 0.15) is 33.6 Å². The smallest absolute Gasteiger partial charge is 0.239 e. The van der Waals surface area contributed by atoms with Gasteiger partial charge in [0.25, 0.3) is 0 Å². The molecule has 0 aliphatic carbocycles. The minimum absolute atomic E-state index is 0.0600. The Morgan fingerprint density at radius 2 is 2.38 bits per heavy atom. The summed E-state index contributed by atoms with van der Waals surface area (Å²) >= 11 is 0. The molecule has 0 aromatic heterocycles. The highest BCUT2D eigenvalue weighted by Gasteiger charge is 2.31. The molecule has 0 aromatic rings. The Morgan fingerprint density at radius 3 is 2.85 bits per heavy atom. The van der Waals surface area contributed by atoms with Crippen LogP contribution in [0.3, 0.4) is 0 Å². The first-order chi connectivity index (χ1) is 6.06. The van der Waals surface area contributed by atoms with Crippen LogP contribution in [0, 0.1) is 0 Å². The van der Waals surface area contributed by atoms with E-state index in [0.717, 1.165) is 12.1 Å². The minimum atomic E-state index is -0.318. The summed E-state index contributed by atoms with van der Waals surface area (Å²) in [5.41, 5.74) is 3.09. The highest BCUT2D eigenvalue weighted by atomic mass is 16.5. The lowest BCUT2D eigenvalue weighted by molar-refractivity contribution is -0.120. The van der Waals surface area contributed by atoms with Crippen LogP contribution < -0.4 is 5.43 Å². The average Bonchev–Trinajstić information content (AvgIpc) is 2.41. The molecule has 0 unspecified atom stereocenters. The third-order valence-corrected chi connectivity index (χ3v) is 2.13. The van der Waals surface area contributed by atoms with Crippen molar-refractivity contribution in [2.45, 2.75) is 39.2 Å². The predicted molar refractivity (Wildman–Crippen MR) is 50.5 cm³/mol. The molecule has 1 aliphatic heterocycles. The number of hydrazone groups is 1. The summed E-state index contributed by atoms with van der Waals surface area (Å²) in [5.74, 6) is -0.0600. The number of nitrogens with zero attached hydrogens (tertiary/aromatic N) is 1. The van der Waals surface area contributed by atoms with Gasteiger partial charge in [-0.15, -0.1) is 0 Å². The number of hydrogen-bond acceptors (Lipinski definition) is 3. The van der Waals surface area contributed by atoms with Crippen molar-refractivity contribution in [1.82, 2.24) is 5.43 Å². The molecule has 1 rings (SSSR count). The van der Waals surface area contributed by atoms with Gasteiger partial charge < -0.3 is 4.74 Å². The van der Waals surface area contributed by atoms with Gasteiger partial charge in [0.05, 0.1) is 12.3 Å². The Hall–Kier alpha value is -0.900. The van der Waals surface area contributed by atoms with Crippen molar-refractivity contribution in [3.05, 3.63) is 0 Å². The minimum Gasteiger partial charge on any atom is -0.369 e. The van der Waals surface area contributed by atoms with Gasteiger partial charge in [-0.2, -0.15) is 5.10 Å². The summed E-state index contributed by atoms with van der Waals surface area (Å²) in [5, 5.41) is 4.04. The van der Waals surface area contributed by atoms with E-state index in [-0.39, 0.29) is 11.5 Å². The molecule has 13 heavy (non-hydrogen) atoms. The summed E-state index contributed by atoms with van der Waals surface area (Å²) in [6.45, 7) is 6.40. The number of amides is 1. The summed E-state index contributed by atoms with van der Waals surface area (Å²) in [4.78, 5) is 10.9. The molecule has 1 amide bonds. The second-order valence-electron chi connectivity index (χ2n) is 3.56. The van der Waals surface area contributed by atoms with Crippen LogP contribution in [0.4, 0.5) is 0 Å². The van der Waals surface area contributed by atoms with Crippen molar-refractivity contribution < 1.29 is 9.53 Å². The fourth-order valence-electron chi connectivity index (χ4n) is 1.19. The summed E-state index contributed by atoms with van der Waals surface area (Å²) in [6, 6.07) is 0. The van der Waals surface area contributed by atoms with E-state index in [1.54, 1.807) is 6.92 Å². The molecule has 0 radical (unpaired) electrons. The van der Waals surface area contributed by atoms with Crippen molar-refractivity contribution >= 4 is 11.6 Å². The third kappa shape index (κ3) is 2.52. The van der Waals surface area contributed by atoms with Crippen LogP contribution in [-0.2, 0) is 9.53 Å². The standard InChI is InChI=1S/C9H16N2O2/c1-4-8(12)11-10-7-5-6-13-9(7,2)3/h4-6H2,1-3H3,(H,11,12)/b10-7-. The van der Waals surface area contributed by atoms with Crippen molar-refractivity contribution in [2.24, 2.45) is 5.10 Å². The van der Waals surface area contributed by atoms with Gasteiger partial charge >= 0.3 is 0 Å². The van der Waals surface area contributed by atoms with Crippen molar-refractivity contribution in [3.63, 3.8) is 0 Å². The van der Waals surface area contributed by atoms with E-state index in [0.29, 0.717) is 13.0 Å². The highest BCUT2D eigenvalue weighted by Crippen LogP contribution is 2.21. The van der Waals surface area contributed by atoms with Gasteiger partial charge in [0.1, 0.15) is 5.60 Å². The molecule has 1 heterocycles. The highest BCUT2D eigenvalue weighted by molar-refractivity contribution is 5.94. The lowest BCUT2D eigenvalue weighted by Crippen LogP contribution is -2.30. The Kier molecular flexibility index (Phi) is 3.03. The maximum absolute atomic E-state index is 10.9. The second kappa shape index (κ2) is 3.87. The zero-order valence-corrected chi connectivity index (χ0v) is 8.39. The fraction of sp³-hybridized carbons (Fsp3) is 0.778. The van der Waals surface area contributed by atoms with Gasteiger partial charge in [-0.25, -0.2) is 5.43 Å². The van der Waals surface area contributed by atoms with Crippen molar-refractivity contribution in [2.75, 3.05) is 6.61 Å². The normalized spacial score (nSPS) is 23.5. The lowest BCUT2D eigenvalue weighted by Gasteiger charge is -2.17. The Balaban J connectivity index is 2.56. The molecule has 0 saturated carbocycles. The van der Waals surface area contributed by atoms with Gasteiger partial charge in [0, 0.05) is 12.8 Å². The second-order valence-corrected chi connectivity index (χ2v) is 3.56. The number of nitrogens with one attached hydrogen (secondary N) is 1. The lowest BCUT2D eigenvalue weighted by atomic mass is 10.0. The van der Waals surface area contributed by atoms with E-state index < -0.39 is 0 Å². The number of carbonyl (C=O) groups excluding carboxylic acids is 1. The molecule has 1 N–H and O–H groups in total. The van der Waals surface area contributed by atoms with Crippen LogP contribution in [0.5, 0.6) is 0 Å². The molecule has 0 spiro atoms. The molecule has 4 heteroatoms. The Morgan fingerprint density at radius 1 is 1.69 bits per heavy atom. The number of carbonyl (C=O) groups is 1. The quantitative estimate of drug-likeness (QED) is 0.652. The number of hydrogen-bond donors (Lipinski definition) is 1. The van der Waals surface area contributed by atoms with E-state index in [1.807, 2.05) is 13.8 Å². The fourth-order valence-corrected chi connectivity index (χ4v) is 1.19. The van der Waals surface area contributed by atoms with Crippen LogP contribution in [0.2, 0.25) is 0 Å². The van der Waals surface area contributed by atoms with Gasteiger partial charge in [-0.05, 0) is 13.8 Å². The van der Waals surface area contributed by atoms with Crippen LogP contribution in [0.25, 0.3) is 0 Å². The van der Waals surface area contributed by atoms with Crippen LogP contribution in [-0.4, -0.2) is 23.8 Å². The molecule has 1 fully saturated rings. The molecule has 4 nitrogen and oxygen atoms in total. The van der Waals surface area contributed by atoms with Crippen LogP contribution in [0.15, 0.2) is 5.10 Å². The van der Waals surface area contributed by atoms with Crippen LogP contribution >= 0.6 is 0 Å². The molecule has 74 valence electrons. The number of ether oxygens (including phenoxy) is 1. The summed E-state index contributed by atoms with van der Waals surface area (Å²) in [7, 11) is 0. The topological polar surface area (TPSA) is 50.7 Å². The molecule has 1 saturated heterocycles. The molecular weight excluding hydrogens is 168 g/mol. The first-order valence-corrected chi connectivity index (χ1v) is 4.56. The molecule has 0 aromatic carbocycles. The average molecular weight is 184 g/mol. The van der Waals surface area contributed by atoms with E-state index in [9.17, 15) is 4.79 Å². The van der Waals surface area contributed by atoms with Gasteiger partial charge in [0.2, 0.25) is 5.91 Å². The van der Waals surface area contributed by atoms with Gasteiger partial charge in [-0.1, -0.05) is 6.92 Å². The Bertz CT molecular complexity index is 234. The van der Waals surface area contributed by atoms with Crippen molar-refractivity contribution in [1.29, 1.82) is 0 Å². The maximum atomic E-state index is 10.9. The first-order valence-electron chi connectivity index (χ1n) is 4.56. The predicted octanol–water partition coefficient (Wildman–Crippen LogP) is 1.07. The molecular formula is C9H16N2O2. The van der Waals surface area contributed by atoms with E-state index in [4.69, 9.17) is 4.74 Å². The summed E-state index contributed by atoms with van der Waals surface area (Å²) < 4.78 is 5.44. The monoisotopic (exact) mass is 184 g/mol. The van der Waals surface area contributed by atoms with Gasteiger partial charge in [0.15, 0.2) is 0 Å². The third-order valence-electron chi connectivity index (χ3n) is 2.13. The van der Waals surface area contributed by atoms with Gasteiger partial charge in [-0.3, -0.25) is 4.79 Å². The molecule has 1 aliphatic rings. The van der Waals surface area contributed by atoms with E-state index in [2.05, 4.69) is 10.5 Å². The maximum Gasteiger partial charge on any atom is 0.239 e. The first kappa shape index (κ1) is 10.2. The zero-order valence-electron chi connectivity index (χ0n) is 8.39. The summed E-state index contributed by atoms with van der Waals surface area (Å²) in [6.07, 6.45) is 1.26. The zero-order chi connectivity index (χ0) is 9.90. The van der Waals surface area contributed by atoms with E-state index >= 15 is 0 Å². The SMILES string of the molecule is CCC(=O)N/N=C1/CCOC1(C)C. The van der Waals surface area contributed by atoms with E-state index in [1.165, 1.54) is 0 Å².